The number of benzene rings is 1. The maximum Gasteiger partial charge on any atom is 0.254 e. The van der Waals surface area contributed by atoms with Gasteiger partial charge in [-0.1, -0.05) is 18.7 Å². The van der Waals surface area contributed by atoms with E-state index in [1.165, 1.54) is 4.88 Å². The normalized spacial score (nSPS) is 13.1. The average molecular weight is 294 g/mol. The minimum atomic E-state index is -0.0183. The summed E-state index contributed by atoms with van der Waals surface area (Å²) < 4.78 is 0. The minimum absolute atomic E-state index is 0.0183. The summed E-state index contributed by atoms with van der Waals surface area (Å²) in [5.41, 5.74) is 4.45. The minimum Gasteiger partial charge on any atom is -0.329 e. The summed E-state index contributed by atoms with van der Waals surface area (Å²) in [6.07, 6.45) is 0. The Kier molecular flexibility index (Phi) is 3.36. The van der Waals surface area contributed by atoms with E-state index in [1.807, 2.05) is 18.2 Å². The molecular weight excluding hydrogens is 280 g/mol. The molecule has 2 heterocycles. The van der Waals surface area contributed by atoms with Crippen molar-refractivity contribution in [2.45, 2.75) is 13.5 Å². The second kappa shape index (κ2) is 5.19. The summed E-state index contributed by atoms with van der Waals surface area (Å²) in [4.78, 5) is 15.3. The van der Waals surface area contributed by atoms with E-state index in [1.54, 1.807) is 16.2 Å². The molecule has 0 atom stereocenters. The number of nitrogens with zero attached hydrogens (tertiary/aromatic N) is 2. The Morgan fingerprint density at radius 1 is 1.48 bits per heavy atom. The molecule has 104 valence electrons. The highest BCUT2D eigenvalue weighted by atomic mass is 32.1. The Labute approximate surface area is 127 Å². The summed E-state index contributed by atoms with van der Waals surface area (Å²) in [7, 11) is 0. The van der Waals surface area contributed by atoms with Crippen molar-refractivity contribution in [1.29, 1.82) is 5.26 Å². The van der Waals surface area contributed by atoms with E-state index >= 15 is 0 Å². The lowest BCUT2D eigenvalue weighted by atomic mass is 9.99. The molecule has 1 aliphatic rings. The first-order valence-corrected chi connectivity index (χ1v) is 7.52. The van der Waals surface area contributed by atoms with Crippen LogP contribution in [0.25, 0.3) is 11.1 Å². The van der Waals surface area contributed by atoms with Crippen molar-refractivity contribution in [2.75, 3.05) is 6.54 Å². The van der Waals surface area contributed by atoms with Gasteiger partial charge in [0.15, 0.2) is 0 Å². The van der Waals surface area contributed by atoms with Crippen LogP contribution in [-0.4, -0.2) is 17.4 Å². The summed E-state index contributed by atoms with van der Waals surface area (Å²) in [6.45, 7) is 6.58. The summed E-state index contributed by atoms with van der Waals surface area (Å²) >= 11 is 1.70. The van der Waals surface area contributed by atoms with Gasteiger partial charge in [-0.3, -0.25) is 4.79 Å². The van der Waals surface area contributed by atoms with Crippen LogP contribution < -0.4 is 0 Å². The Morgan fingerprint density at radius 2 is 2.24 bits per heavy atom. The van der Waals surface area contributed by atoms with Gasteiger partial charge in [-0.05, 0) is 41.1 Å². The van der Waals surface area contributed by atoms with Crippen molar-refractivity contribution in [3.05, 3.63) is 57.8 Å². The smallest absolute Gasteiger partial charge is 0.254 e. The number of fused-ring (bicyclic) bond motifs is 1. The summed E-state index contributed by atoms with van der Waals surface area (Å²) in [5, 5.41) is 11.0. The first-order chi connectivity index (χ1) is 10.1. The number of aryl methyl sites for hydroxylation is 1. The van der Waals surface area contributed by atoms with Crippen molar-refractivity contribution < 1.29 is 4.79 Å². The maximum absolute atomic E-state index is 12.4. The quantitative estimate of drug-likeness (QED) is 0.809. The van der Waals surface area contributed by atoms with Crippen LogP contribution in [0.5, 0.6) is 0 Å². The number of hydrogen-bond acceptors (Lipinski definition) is 3. The third-order valence-electron chi connectivity index (χ3n) is 3.62. The third kappa shape index (κ3) is 2.37. The largest absolute Gasteiger partial charge is 0.329 e. The van der Waals surface area contributed by atoms with Crippen molar-refractivity contribution in [3.8, 4) is 17.2 Å². The second-order valence-corrected chi connectivity index (χ2v) is 6.27. The van der Waals surface area contributed by atoms with Gasteiger partial charge in [0.2, 0.25) is 0 Å². The number of amides is 1. The van der Waals surface area contributed by atoms with E-state index < -0.39 is 0 Å². The van der Waals surface area contributed by atoms with Crippen LogP contribution >= 0.6 is 11.3 Å². The van der Waals surface area contributed by atoms with Gasteiger partial charge in [0, 0.05) is 22.6 Å². The van der Waals surface area contributed by atoms with Crippen LogP contribution in [0.4, 0.5) is 0 Å². The Morgan fingerprint density at radius 3 is 2.90 bits per heavy atom. The lowest BCUT2D eigenvalue weighted by Gasteiger charge is -2.14. The number of hydrogen-bond donors (Lipinski definition) is 0. The van der Waals surface area contributed by atoms with Gasteiger partial charge < -0.3 is 4.90 Å². The molecule has 3 nitrogen and oxygen atoms in total. The molecule has 1 aliphatic heterocycles. The number of carbonyl (C=O) groups is 1. The molecule has 0 aliphatic carbocycles. The fraction of sp³-hybridized carbons (Fsp3) is 0.176. The third-order valence-corrected chi connectivity index (χ3v) is 4.49. The highest BCUT2D eigenvalue weighted by Gasteiger charge is 2.29. The lowest BCUT2D eigenvalue weighted by Crippen LogP contribution is -2.25. The van der Waals surface area contributed by atoms with E-state index in [9.17, 15) is 4.79 Å². The van der Waals surface area contributed by atoms with E-state index in [2.05, 4.69) is 31.0 Å². The molecule has 4 heteroatoms. The number of rotatable bonds is 3. The van der Waals surface area contributed by atoms with E-state index in [0.717, 1.165) is 22.3 Å². The summed E-state index contributed by atoms with van der Waals surface area (Å²) in [6, 6.07) is 9.97. The zero-order valence-electron chi connectivity index (χ0n) is 11.7. The van der Waals surface area contributed by atoms with Crippen molar-refractivity contribution in [2.24, 2.45) is 0 Å². The fourth-order valence-electron chi connectivity index (χ4n) is 2.64. The van der Waals surface area contributed by atoms with E-state index in [0.29, 0.717) is 18.7 Å². The monoisotopic (exact) mass is 294 g/mol. The predicted molar refractivity (Wildman–Crippen MR) is 84.0 cm³/mol. The van der Waals surface area contributed by atoms with Crippen LogP contribution in [0.1, 0.15) is 20.8 Å². The van der Waals surface area contributed by atoms with Gasteiger partial charge in [0.1, 0.15) is 0 Å². The topological polar surface area (TPSA) is 44.1 Å². The zero-order chi connectivity index (χ0) is 15.0. The zero-order valence-corrected chi connectivity index (χ0v) is 12.5. The second-order valence-electron chi connectivity index (χ2n) is 5.15. The molecule has 0 spiro atoms. The first-order valence-electron chi connectivity index (χ1n) is 6.64. The molecule has 2 aromatic rings. The lowest BCUT2D eigenvalue weighted by molar-refractivity contribution is 0.0794. The van der Waals surface area contributed by atoms with Gasteiger partial charge in [0.25, 0.3) is 5.91 Å². The standard InChI is InChI=1S/C17H14N2OS/c1-11(7-18)8-19-9-16-14(13-6-12(2)21-10-13)4-3-5-15(16)17(19)20/h3-6,10H,1,8-9H2,2H3. The van der Waals surface area contributed by atoms with Crippen LogP contribution in [-0.2, 0) is 6.54 Å². The van der Waals surface area contributed by atoms with Crippen LogP contribution in [0.3, 0.4) is 0 Å². The van der Waals surface area contributed by atoms with Gasteiger partial charge in [-0.15, -0.1) is 11.3 Å². The molecular formula is C17H14N2OS. The molecule has 21 heavy (non-hydrogen) atoms. The van der Waals surface area contributed by atoms with Crippen LogP contribution in [0, 0.1) is 18.3 Å². The Hall–Kier alpha value is -2.38. The highest BCUT2D eigenvalue weighted by Crippen LogP contribution is 2.34. The number of nitriles is 1. The SMILES string of the molecule is C=C(C#N)CN1Cc2c(cccc2-c2csc(C)c2)C1=O. The molecule has 0 radical (unpaired) electrons. The van der Waals surface area contributed by atoms with Gasteiger partial charge in [-0.25, -0.2) is 0 Å². The Balaban J connectivity index is 1.99. The number of carbonyl (C=O) groups excluding carboxylic acids is 1. The maximum atomic E-state index is 12.4. The molecule has 1 aromatic heterocycles. The van der Waals surface area contributed by atoms with Gasteiger partial charge in [0.05, 0.1) is 12.6 Å². The molecule has 3 rings (SSSR count). The van der Waals surface area contributed by atoms with Crippen molar-refractivity contribution >= 4 is 17.2 Å². The average Bonchev–Trinajstić information content (AvgIpc) is 3.04. The number of thiophene rings is 1. The van der Waals surface area contributed by atoms with E-state index in [4.69, 9.17) is 5.26 Å². The predicted octanol–water partition coefficient (Wildman–Crippen LogP) is 3.76. The molecule has 0 saturated heterocycles. The van der Waals surface area contributed by atoms with E-state index in [-0.39, 0.29) is 5.91 Å². The van der Waals surface area contributed by atoms with Gasteiger partial charge >= 0.3 is 0 Å². The summed E-state index contributed by atoms with van der Waals surface area (Å²) in [5.74, 6) is -0.0183. The molecule has 0 N–H and O–H groups in total. The van der Waals surface area contributed by atoms with Crippen molar-refractivity contribution in [3.63, 3.8) is 0 Å². The Bertz CT molecular complexity index is 782. The molecule has 0 saturated carbocycles. The molecule has 0 unspecified atom stereocenters. The van der Waals surface area contributed by atoms with Crippen LogP contribution in [0.15, 0.2) is 41.8 Å². The molecule has 1 amide bonds. The molecule has 1 aromatic carbocycles. The van der Waals surface area contributed by atoms with Gasteiger partial charge in [-0.2, -0.15) is 5.26 Å². The first kappa shape index (κ1) is 13.6. The molecule has 0 fully saturated rings. The van der Waals surface area contributed by atoms with Crippen LogP contribution in [0.2, 0.25) is 0 Å². The highest BCUT2D eigenvalue weighted by molar-refractivity contribution is 7.10. The van der Waals surface area contributed by atoms with Crippen molar-refractivity contribution in [1.82, 2.24) is 4.90 Å². The fourth-order valence-corrected chi connectivity index (χ4v) is 3.34. The molecule has 0 bridgehead atoms.